The maximum Gasteiger partial charge on any atom is 0.0543 e. The molecule has 9 rings (SSSR count). The third kappa shape index (κ3) is 3.39. The Bertz CT molecular complexity index is 2160. The summed E-state index contributed by atoms with van der Waals surface area (Å²) in [4.78, 5) is 2.58. The molecule has 2 aliphatic carbocycles. The highest BCUT2D eigenvalue weighted by atomic mass is 15.2. The highest BCUT2D eigenvalue weighted by Crippen LogP contribution is 2.59. The number of hydrogen-bond donors (Lipinski definition) is 0. The van der Waals surface area contributed by atoms with Crippen LogP contribution in [0.1, 0.15) is 86.8 Å². The van der Waals surface area contributed by atoms with Crippen molar-refractivity contribution in [3.05, 3.63) is 149 Å². The van der Waals surface area contributed by atoms with Crippen LogP contribution in [-0.4, -0.2) is 0 Å². The number of benzene rings is 6. The van der Waals surface area contributed by atoms with E-state index in [-0.39, 0.29) is 10.8 Å². The van der Waals surface area contributed by atoms with Gasteiger partial charge in [-0.05, 0) is 103 Å². The Labute approximate surface area is 267 Å². The molecule has 0 spiro atoms. The predicted octanol–water partition coefficient (Wildman–Crippen LogP) is 12.1. The molecule has 2 atom stereocenters. The SMILES string of the molecule is CC1c2ccccc2N(c2cc3c(c4ccccc24)-c2cc4c(cc2C3(C)C)-c2ccccc2C4(C)C)c2ccccc2C1C. The van der Waals surface area contributed by atoms with Gasteiger partial charge < -0.3 is 4.90 Å². The summed E-state index contributed by atoms with van der Waals surface area (Å²) in [5, 5.41) is 2.64. The normalized spacial score (nSPS) is 19.6. The first-order chi connectivity index (χ1) is 21.7. The van der Waals surface area contributed by atoms with Crippen LogP contribution in [0, 0.1) is 0 Å². The molecule has 0 aromatic heterocycles. The van der Waals surface area contributed by atoms with E-state index in [4.69, 9.17) is 0 Å². The molecular weight excluding hydrogens is 542 g/mol. The van der Waals surface area contributed by atoms with Gasteiger partial charge in [0.05, 0.1) is 5.69 Å². The van der Waals surface area contributed by atoms with Crippen LogP contribution >= 0.6 is 0 Å². The van der Waals surface area contributed by atoms with E-state index in [2.05, 4.69) is 162 Å². The lowest BCUT2D eigenvalue weighted by atomic mass is 9.79. The second-order valence-electron chi connectivity index (χ2n) is 14.6. The second-order valence-corrected chi connectivity index (χ2v) is 14.6. The minimum absolute atomic E-state index is 0.0313. The average molecular weight is 582 g/mol. The number of para-hydroxylation sites is 2. The standard InChI is InChI=1S/C44H39N/c1-26-27(2)29-16-11-14-22-40(29)45(39-21-13-10-15-28(26)39)41-25-38-42(32-19-8-7-18-31(32)41)34-24-36-33(23-37(34)44(38,5)6)30-17-9-12-20-35(30)43(36,3)4/h7-27H,1-6H3. The minimum Gasteiger partial charge on any atom is -0.309 e. The van der Waals surface area contributed by atoms with E-state index in [1.807, 2.05) is 0 Å². The zero-order valence-electron chi connectivity index (χ0n) is 27.1. The number of hydrogen-bond acceptors (Lipinski definition) is 1. The fourth-order valence-corrected chi connectivity index (χ4v) is 9.02. The van der Waals surface area contributed by atoms with Crippen molar-refractivity contribution in [2.75, 3.05) is 4.90 Å². The third-order valence-electron chi connectivity index (χ3n) is 11.7. The summed E-state index contributed by atoms with van der Waals surface area (Å²) >= 11 is 0. The van der Waals surface area contributed by atoms with Gasteiger partial charge in [-0.3, -0.25) is 0 Å². The van der Waals surface area contributed by atoms with Gasteiger partial charge in [-0.25, -0.2) is 0 Å². The minimum atomic E-state index is -0.147. The summed E-state index contributed by atoms with van der Waals surface area (Å²) in [5.41, 5.74) is 17.8. The molecule has 1 heterocycles. The van der Waals surface area contributed by atoms with Crippen molar-refractivity contribution in [2.45, 2.75) is 64.2 Å². The summed E-state index contributed by atoms with van der Waals surface area (Å²) < 4.78 is 0. The van der Waals surface area contributed by atoms with Crippen molar-refractivity contribution in [3.8, 4) is 22.3 Å². The fourth-order valence-electron chi connectivity index (χ4n) is 9.02. The molecule has 3 aliphatic rings. The van der Waals surface area contributed by atoms with Gasteiger partial charge in [0, 0.05) is 27.6 Å². The smallest absolute Gasteiger partial charge is 0.0543 e. The molecular formula is C44H39N. The quantitative estimate of drug-likeness (QED) is 0.187. The molecule has 1 heteroatoms. The van der Waals surface area contributed by atoms with Crippen molar-refractivity contribution in [2.24, 2.45) is 0 Å². The highest BCUT2D eigenvalue weighted by Gasteiger charge is 2.43. The molecule has 0 N–H and O–H groups in total. The lowest BCUT2D eigenvalue weighted by Crippen LogP contribution is -2.18. The van der Waals surface area contributed by atoms with Crippen LogP contribution in [0.2, 0.25) is 0 Å². The maximum atomic E-state index is 2.58. The lowest BCUT2D eigenvalue weighted by Gasteiger charge is -2.31. The first kappa shape index (κ1) is 26.8. The Morgan fingerprint density at radius 2 is 0.956 bits per heavy atom. The molecule has 1 nitrogen and oxygen atoms in total. The monoisotopic (exact) mass is 581 g/mol. The zero-order valence-corrected chi connectivity index (χ0v) is 27.1. The molecule has 0 fully saturated rings. The van der Waals surface area contributed by atoms with E-state index in [1.165, 1.54) is 83.5 Å². The van der Waals surface area contributed by atoms with E-state index in [1.54, 1.807) is 0 Å². The van der Waals surface area contributed by atoms with E-state index in [0.717, 1.165) is 0 Å². The van der Waals surface area contributed by atoms with Crippen LogP contribution < -0.4 is 4.90 Å². The summed E-state index contributed by atoms with van der Waals surface area (Å²) in [5.74, 6) is 0.810. The van der Waals surface area contributed by atoms with Crippen molar-refractivity contribution in [1.82, 2.24) is 0 Å². The number of rotatable bonds is 1. The number of anilines is 3. The van der Waals surface area contributed by atoms with E-state index >= 15 is 0 Å². The Hall–Kier alpha value is -4.62. The zero-order chi connectivity index (χ0) is 30.8. The van der Waals surface area contributed by atoms with Crippen LogP contribution in [0.3, 0.4) is 0 Å². The average Bonchev–Trinajstić information content (AvgIpc) is 3.39. The van der Waals surface area contributed by atoms with E-state index in [0.29, 0.717) is 11.8 Å². The van der Waals surface area contributed by atoms with Crippen molar-refractivity contribution < 1.29 is 0 Å². The molecule has 1 aliphatic heterocycles. The van der Waals surface area contributed by atoms with Gasteiger partial charge in [0.25, 0.3) is 0 Å². The molecule has 6 aromatic carbocycles. The van der Waals surface area contributed by atoms with Crippen LogP contribution in [0.25, 0.3) is 33.0 Å². The van der Waals surface area contributed by atoms with Crippen molar-refractivity contribution in [3.63, 3.8) is 0 Å². The fraction of sp³-hybridized carbons (Fsp3) is 0.227. The van der Waals surface area contributed by atoms with Crippen LogP contribution in [0.15, 0.2) is 115 Å². The van der Waals surface area contributed by atoms with E-state index < -0.39 is 0 Å². The van der Waals surface area contributed by atoms with Gasteiger partial charge in [0.1, 0.15) is 0 Å². The first-order valence-electron chi connectivity index (χ1n) is 16.5. The van der Waals surface area contributed by atoms with Crippen LogP contribution in [-0.2, 0) is 10.8 Å². The molecule has 0 radical (unpaired) electrons. The summed E-state index contributed by atoms with van der Waals surface area (Å²) in [6, 6.07) is 43.9. The van der Waals surface area contributed by atoms with Gasteiger partial charge in [-0.1, -0.05) is 126 Å². The molecule has 220 valence electrons. The van der Waals surface area contributed by atoms with Crippen LogP contribution in [0.4, 0.5) is 17.1 Å². The molecule has 0 amide bonds. The van der Waals surface area contributed by atoms with Crippen molar-refractivity contribution in [1.29, 1.82) is 0 Å². The second kappa shape index (κ2) is 8.98. The molecule has 2 unspecified atom stereocenters. The third-order valence-corrected chi connectivity index (χ3v) is 11.7. The predicted molar refractivity (Wildman–Crippen MR) is 191 cm³/mol. The molecule has 6 aromatic rings. The lowest BCUT2D eigenvalue weighted by molar-refractivity contribution is 0.631. The Balaban J connectivity index is 1.36. The van der Waals surface area contributed by atoms with Crippen molar-refractivity contribution >= 4 is 27.8 Å². The van der Waals surface area contributed by atoms with Gasteiger partial charge in [-0.2, -0.15) is 0 Å². The molecule has 45 heavy (non-hydrogen) atoms. The topological polar surface area (TPSA) is 3.24 Å². The molecule has 0 bridgehead atoms. The first-order valence-corrected chi connectivity index (χ1v) is 16.5. The highest BCUT2D eigenvalue weighted by molar-refractivity contribution is 6.11. The van der Waals surface area contributed by atoms with Gasteiger partial charge in [0.2, 0.25) is 0 Å². The molecule has 0 saturated carbocycles. The van der Waals surface area contributed by atoms with Gasteiger partial charge in [0.15, 0.2) is 0 Å². The van der Waals surface area contributed by atoms with E-state index in [9.17, 15) is 0 Å². The number of fused-ring (bicyclic) bond motifs is 10. The summed E-state index contributed by atoms with van der Waals surface area (Å²) in [7, 11) is 0. The van der Waals surface area contributed by atoms with Crippen LogP contribution in [0.5, 0.6) is 0 Å². The van der Waals surface area contributed by atoms with Gasteiger partial charge >= 0.3 is 0 Å². The summed E-state index contributed by atoms with van der Waals surface area (Å²) in [6.45, 7) is 14.4. The Kier molecular flexibility index (Phi) is 5.34. The summed E-state index contributed by atoms with van der Waals surface area (Å²) in [6.07, 6.45) is 0. The largest absolute Gasteiger partial charge is 0.309 e. The maximum absolute atomic E-state index is 2.58. The molecule has 0 saturated heterocycles. The Morgan fingerprint density at radius 1 is 0.444 bits per heavy atom. The Morgan fingerprint density at radius 3 is 1.64 bits per heavy atom. The van der Waals surface area contributed by atoms with Gasteiger partial charge in [-0.15, -0.1) is 0 Å². The number of nitrogens with zero attached hydrogens (tertiary/aromatic N) is 1.